The van der Waals surface area contributed by atoms with Crippen molar-refractivity contribution in [3.05, 3.63) is 65.2 Å². The van der Waals surface area contributed by atoms with Gasteiger partial charge in [-0.25, -0.2) is 0 Å². The third-order valence-corrected chi connectivity index (χ3v) is 4.14. The van der Waals surface area contributed by atoms with Gasteiger partial charge in [-0.2, -0.15) is 0 Å². The van der Waals surface area contributed by atoms with Crippen LogP contribution < -0.4 is 5.32 Å². The van der Waals surface area contributed by atoms with Crippen molar-refractivity contribution in [2.75, 3.05) is 5.32 Å². The molecular formula is C22H23NO5. The first-order valence-electron chi connectivity index (χ1n) is 8.97. The van der Waals surface area contributed by atoms with Crippen molar-refractivity contribution in [3.63, 3.8) is 0 Å². The van der Waals surface area contributed by atoms with E-state index in [4.69, 9.17) is 4.74 Å². The van der Waals surface area contributed by atoms with Crippen LogP contribution in [-0.2, 0) is 14.3 Å². The number of rotatable bonds is 8. The molecule has 28 heavy (non-hydrogen) atoms. The summed E-state index contributed by atoms with van der Waals surface area (Å²) >= 11 is 0. The third-order valence-electron chi connectivity index (χ3n) is 4.14. The molecule has 2 aromatic carbocycles. The minimum Gasteiger partial charge on any atom is -0.453 e. The van der Waals surface area contributed by atoms with Crippen molar-refractivity contribution in [1.82, 2.24) is 0 Å². The van der Waals surface area contributed by atoms with Crippen molar-refractivity contribution >= 4 is 29.1 Å². The van der Waals surface area contributed by atoms with Gasteiger partial charge < -0.3 is 10.1 Å². The monoisotopic (exact) mass is 381 g/mol. The van der Waals surface area contributed by atoms with E-state index in [-0.39, 0.29) is 24.4 Å². The number of hydrogen-bond acceptors (Lipinski definition) is 5. The molecule has 1 amide bonds. The van der Waals surface area contributed by atoms with Gasteiger partial charge in [0.1, 0.15) is 0 Å². The Bertz CT molecular complexity index is 886. The zero-order chi connectivity index (χ0) is 20.7. The highest BCUT2D eigenvalue weighted by atomic mass is 16.5. The molecule has 146 valence electrons. The van der Waals surface area contributed by atoms with Crippen LogP contribution in [0, 0.1) is 6.92 Å². The molecular weight excluding hydrogens is 358 g/mol. The van der Waals surface area contributed by atoms with Crippen molar-refractivity contribution < 1.29 is 23.9 Å². The number of amides is 1. The number of esters is 1. The Morgan fingerprint density at radius 3 is 2.29 bits per heavy atom. The maximum absolute atomic E-state index is 12.2. The summed E-state index contributed by atoms with van der Waals surface area (Å²) < 4.78 is 5.10. The lowest BCUT2D eigenvalue weighted by atomic mass is 10.1. The van der Waals surface area contributed by atoms with Crippen LogP contribution in [0.5, 0.6) is 0 Å². The second-order valence-electron chi connectivity index (χ2n) is 6.55. The average molecular weight is 381 g/mol. The van der Waals surface area contributed by atoms with Crippen LogP contribution in [0.2, 0.25) is 0 Å². The Kier molecular flexibility index (Phi) is 7.21. The molecule has 1 N–H and O–H groups in total. The fourth-order valence-electron chi connectivity index (χ4n) is 2.47. The number of Topliss-reactive ketones (excluding diaryl/α,β-unsaturated/α-hetero) is 2. The number of aryl methyl sites for hydroxylation is 1. The van der Waals surface area contributed by atoms with E-state index in [9.17, 15) is 19.2 Å². The van der Waals surface area contributed by atoms with E-state index >= 15 is 0 Å². The molecule has 0 saturated heterocycles. The molecule has 0 saturated carbocycles. The number of ketones is 2. The molecule has 0 bridgehead atoms. The molecule has 0 unspecified atom stereocenters. The average Bonchev–Trinajstić information content (AvgIpc) is 2.66. The van der Waals surface area contributed by atoms with Crippen LogP contribution in [0.25, 0.3) is 0 Å². The maximum Gasteiger partial charge on any atom is 0.307 e. The number of ether oxygens (including phenoxy) is 1. The molecule has 2 aromatic rings. The van der Waals surface area contributed by atoms with E-state index in [0.29, 0.717) is 16.8 Å². The summed E-state index contributed by atoms with van der Waals surface area (Å²) in [6.07, 6.45) is -1.12. The Balaban J connectivity index is 1.83. The van der Waals surface area contributed by atoms with Gasteiger partial charge in [-0.3, -0.25) is 19.2 Å². The first kappa shape index (κ1) is 21.0. The molecule has 0 aliphatic carbocycles. The number of hydrogen-bond donors (Lipinski definition) is 1. The van der Waals surface area contributed by atoms with E-state index < -0.39 is 18.0 Å². The Hall–Kier alpha value is -3.28. The number of carbonyl (C=O) groups is 4. The minimum atomic E-state index is -1.03. The number of anilines is 1. The van der Waals surface area contributed by atoms with Crippen molar-refractivity contribution in [1.29, 1.82) is 0 Å². The molecule has 6 heteroatoms. The van der Waals surface area contributed by atoms with E-state index in [2.05, 4.69) is 5.32 Å². The summed E-state index contributed by atoms with van der Waals surface area (Å²) in [5.74, 6) is -1.41. The Labute approximate surface area is 163 Å². The van der Waals surface area contributed by atoms with Gasteiger partial charge in [0.25, 0.3) is 5.91 Å². The summed E-state index contributed by atoms with van der Waals surface area (Å²) in [5.41, 5.74) is 2.49. The third kappa shape index (κ3) is 6.16. The van der Waals surface area contributed by atoms with E-state index in [1.165, 1.54) is 13.8 Å². The van der Waals surface area contributed by atoms with Crippen LogP contribution in [-0.4, -0.2) is 29.5 Å². The molecule has 0 aliphatic heterocycles. The van der Waals surface area contributed by atoms with Gasteiger partial charge in [0.15, 0.2) is 17.7 Å². The number of nitrogens with one attached hydrogen (secondary N) is 1. The van der Waals surface area contributed by atoms with Crippen molar-refractivity contribution in [2.45, 2.75) is 39.7 Å². The quantitative estimate of drug-likeness (QED) is 0.556. The van der Waals surface area contributed by atoms with Crippen LogP contribution in [0.1, 0.15) is 53.0 Å². The smallest absolute Gasteiger partial charge is 0.307 e. The van der Waals surface area contributed by atoms with Crippen LogP contribution in [0.3, 0.4) is 0 Å². The lowest BCUT2D eigenvalue weighted by Gasteiger charge is -2.14. The molecule has 0 radical (unpaired) electrons. The van der Waals surface area contributed by atoms with E-state index in [1.54, 1.807) is 36.4 Å². The molecule has 0 aromatic heterocycles. The fraction of sp³-hybridized carbons (Fsp3) is 0.273. The Morgan fingerprint density at radius 2 is 1.64 bits per heavy atom. The number of carbonyl (C=O) groups excluding carboxylic acids is 4. The first-order chi connectivity index (χ1) is 13.3. The zero-order valence-corrected chi connectivity index (χ0v) is 16.2. The number of benzene rings is 2. The molecule has 1 atom stereocenters. The lowest BCUT2D eigenvalue weighted by molar-refractivity contribution is -0.153. The van der Waals surface area contributed by atoms with Gasteiger partial charge in [-0.1, -0.05) is 42.0 Å². The second-order valence-corrected chi connectivity index (χ2v) is 6.55. The SMILES string of the molecule is CC(=O)c1cccc(NC(=O)[C@@H](C)OC(=O)CCC(=O)c2ccc(C)cc2)c1. The van der Waals surface area contributed by atoms with Gasteiger partial charge in [-0.15, -0.1) is 0 Å². The van der Waals surface area contributed by atoms with Crippen LogP contribution in [0.15, 0.2) is 48.5 Å². The van der Waals surface area contributed by atoms with Gasteiger partial charge in [0.2, 0.25) is 0 Å². The molecule has 0 heterocycles. The van der Waals surface area contributed by atoms with Gasteiger partial charge in [0, 0.05) is 23.2 Å². The van der Waals surface area contributed by atoms with Gasteiger partial charge >= 0.3 is 5.97 Å². The molecule has 0 spiro atoms. The topological polar surface area (TPSA) is 89.5 Å². The maximum atomic E-state index is 12.2. The van der Waals surface area contributed by atoms with Gasteiger partial charge in [-0.05, 0) is 32.9 Å². The Morgan fingerprint density at radius 1 is 0.964 bits per heavy atom. The summed E-state index contributed by atoms with van der Waals surface area (Å²) in [6.45, 7) is 4.81. The summed E-state index contributed by atoms with van der Waals surface area (Å²) in [5, 5.41) is 2.60. The molecule has 6 nitrogen and oxygen atoms in total. The molecule has 0 fully saturated rings. The summed E-state index contributed by atoms with van der Waals surface area (Å²) in [4.78, 5) is 47.6. The van der Waals surface area contributed by atoms with Crippen LogP contribution >= 0.6 is 0 Å². The van der Waals surface area contributed by atoms with Crippen LogP contribution in [0.4, 0.5) is 5.69 Å². The normalized spacial score (nSPS) is 11.4. The summed E-state index contributed by atoms with van der Waals surface area (Å²) in [6, 6.07) is 13.6. The fourth-order valence-corrected chi connectivity index (χ4v) is 2.47. The van der Waals surface area contributed by atoms with Crippen molar-refractivity contribution in [2.24, 2.45) is 0 Å². The zero-order valence-electron chi connectivity index (χ0n) is 16.2. The van der Waals surface area contributed by atoms with E-state index in [0.717, 1.165) is 5.56 Å². The second kappa shape index (κ2) is 9.60. The predicted molar refractivity (Wildman–Crippen MR) is 105 cm³/mol. The molecule has 2 rings (SSSR count). The minimum absolute atomic E-state index is 0.0108. The van der Waals surface area contributed by atoms with Gasteiger partial charge in [0.05, 0.1) is 6.42 Å². The van der Waals surface area contributed by atoms with Crippen molar-refractivity contribution in [3.8, 4) is 0 Å². The highest BCUT2D eigenvalue weighted by Gasteiger charge is 2.19. The predicted octanol–water partition coefficient (Wildman–Crippen LogP) is 3.73. The highest BCUT2D eigenvalue weighted by molar-refractivity contribution is 5.99. The van der Waals surface area contributed by atoms with E-state index in [1.807, 2.05) is 19.1 Å². The molecule has 0 aliphatic rings. The lowest BCUT2D eigenvalue weighted by Crippen LogP contribution is -2.30. The largest absolute Gasteiger partial charge is 0.453 e. The standard InChI is InChI=1S/C22H23NO5/c1-14-7-9-17(10-8-14)20(25)11-12-21(26)28-16(3)22(27)23-19-6-4-5-18(13-19)15(2)24/h4-10,13,16H,11-12H2,1-3H3,(H,23,27)/t16-/m1/s1. The highest BCUT2D eigenvalue weighted by Crippen LogP contribution is 2.13. The summed E-state index contributed by atoms with van der Waals surface area (Å²) in [7, 11) is 0. The first-order valence-corrected chi connectivity index (χ1v) is 8.97.